The van der Waals surface area contributed by atoms with Gasteiger partial charge in [0.1, 0.15) is 16.7 Å². The Morgan fingerprint density at radius 2 is 2.05 bits per heavy atom. The highest BCUT2D eigenvalue weighted by Gasteiger charge is 2.14. The smallest absolute Gasteiger partial charge is 0.213 e. The van der Waals surface area contributed by atoms with Crippen molar-refractivity contribution in [2.45, 2.75) is 20.8 Å². The molecule has 0 saturated heterocycles. The second-order valence-electron chi connectivity index (χ2n) is 5.03. The minimum atomic E-state index is -1.16. The highest BCUT2D eigenvalue weighted by atomic mass is 32.2. The molecule has 3 rings (SSSR count). The van der Waals surface area contributed by atoms with Gasteiger partial charge in [0, 0.05) is 11.8 Å². The molecule has 0 bridgehead atoms. The van der Waals surface area contributed by atoms with Crippen LogP contribution in [0.3, 0.4) is 0 Å². The van der Waals surface area contributed by atoms with E-state index in [4.69, 9.17) is 4.52 Å². The number of fused-ring (bicyclic) bond motifs is 1. The van der Waals surface area contributed by atoms with Gasteiger partial charge in [-0.15, -0.1) is 0 Å². The summed E-state index contributed by atoms with van der Waals surface area (Å²) < 4.78 is 19.2. The zero-order valence-electron chi connectivity index (χ0n) is 12.3. The van der Waals surface area contributed by atoms with Gasteiger partial charge in [-0.3, -0.25) is 4.72 Å². The van der Waals surface area contributed by atoms with Crippen LogP contribution in [0.1, 0.15) is 17.0 Å². The van der Waals surface area contributed by atoms with Crippen LogP contribution in [0.5, 0.6) is 0 Å². The first-order chi connectivity index (χ1) is 9.95. The Bertz CT molecular complexity index is 831. The van der Waals surface area contributed by atoms with Crippen molar-refractivity contribution in [2.75, 3.05) is 11.0 Å². The van der Waals surface area contributed by atoms with E-state index >= 15 is 0 Å². The fourth-order valence-electron chi connectivity index (χ4n) is 2.51. The number of H-pyrrole nitrogens is 1. The lowest BCUT2D eigenvalue weighted by atomic mass is 10.0. The number of anilines is 1. The summed E-state index contributed by atoms with van der Waals surface area (Å²) in [5, 5.41) is 3.99. The average molecular weight is 304 g/mol. The molecule has 0 aliphatic heterocycles. The molecular weight excluding hydrogens is 288 g/mol. The monoisotopic (exact) mass is 304 g/mol. The van der Waals surface area contributed by atoms with Gasteiger partial charge in [0.05, 0.1) is 16.7 Å². The van der Waals surface area contributed by atoms with Gasteiger partial charge in [-0.05, 0) is 44.0 Å². The van der Waals surface area contributed by atoms with Crippen LogP contribution in [0.4, 0.5) is 5.95 Å². The SMILES string of the molecule is Cc1noc(C)c1-c1cc(C)c2nc(NS(C)=O)[nH]c2c1. The Morgan fingerprint density at radius 3 is 2.67 bits per heavy atom. The minimum Gasteiger partial charge on any atom is -0.361 e. The highest BCUT2D eigenvalue weighted by molar-refractivity contribution is 7.85. The predicted molar refractivity (Wildman–Crippen MR) is 83.5 cm³/mol. The molecule has 3 aromatic rings. The molecule has 0 fully saturated rings. The van der Waals surface area contributed by atoms with Gasteiger partial charge in [0.2, 0.25) is 5.95 Å². The number of aromatic amines is 1. The first kappa shape index (κ1) is 13.8. The van der Waals surface area contributed by atoms with Gasteiger partial charge in [0.25, 0.3) is 0 Å². The number of nitrogens with zero attached hydrogens (tertiary/aromatic N) is 2. The number of rotatable bonds is 3. The molecule has 2 aromatic heterocycles. The number of aromatic nitrogens is 3. The van der Waals surface area contributed by atoms with Crippen LogP contribution >= 0.6 is 0 Å². The van der Waals surface area contributed by atoms with Crippen LogP contribution in [0.2, 0.25) is 0 Å². The number of imidazole rings is 1. The summed E-state index contributed by atoms with van der Waals surface area (Å²) in [6.07, 6.45) is 1.56. The van der Waals surface area contributed by atoms with Gasteiger partial charge in [-0.1, -0.05) is 5.16 Å². The maximum Gasteiger partial charge on any atom is 0.213 e. The van der Waals surface area contributed by atoms with Crippen LogP contribution in [0, 0.1) is 20.8 Å². The lowest BCUT2D eigenvalue weighted by molar-refractivity contribution is 0.393. The highest BCUT2D eigenvalue weighted by Crippen LogP contribution is 2.31. The van der Waals surface area contributed by atoms with Crippen LogP contribution < -0.4 is 4.72 Å². The zero-order valence-corrected chi connectivity index (χ0v) is 13.1. The summed E-state index contributed by atoms with van der Waals surface area (Å²) >= 11 is 0. The Kier molecular flexibility index (Phi) is 3.29. The minimum absolute atomic E-state index is 0.504. The molecule has 0 aliphatic rings. The second-order valence-corrected chi connectivity index (χ2v) is 6.14. The molecule has 1 unspecified atom stereocenters. The number of nitrogens with one attached hydrogen (secondary N) is 2. The fourth-order valence-corrected chi connectivity index (χ4v) is 2.88. The van der Waals surface area contributed by atoms with Crippen molar-refractivity contribution in [1.29, 1.82) is 0 Å². The number of hydrogen-bond acceptors (Lipinski definition) is 4. The van der Waals surface area contributed by atoms with Crippen molar-refractivity contribution in [1.82, 2.24) is 15.1 Å². The summed E-state index contributed by atoms with van der Waals surface area (Å²) in [5.74, 6) is 1.30. The normalized spacial score (nSPS) is 12.8. The third-order valence-corrected chi connectivity index (χ3v) is 3.82. The van der Waals surface area contributed by atoms with Crippen molar-refractivity contribution in [2.24, 2.45) is 0 Å². The zero-order chi connectivity index (χ0) is 15.1. The van der Waals surface area contributed by atoms with Crippen LogP contribution in [0.15, 0.2) is 16.7 Å². The number of benzene rings is 1. The van der Waals surface area contributed by atoms with Crippen LogP contribution in [-0.4, -0.2) is 25.6 Å². The van der Waals surface area contributed by atoms with Gasteiger partial charge >= 0.3 is 0 Å². The molecule has 1 aromatic carbocycles. The quantitative estimate of drug-likeness (QED) is 0.779. The summed E-state index contributed by atoms with van der Waals surface area (Å²) in [5.41, 5.74) is 5.68. The van der Waals surface area contributed by atoms with Crippen molar-refractivity contribution >= 4 is 28.0 Å². The van der Waals surface area contributed by atoms with Gasteiger partial charge < -0.3 is 9.51 Å². The fraction of sp³-hybridized carbons (Fsp3) is 0.286. The van der Waals surface area contributed by atoms with Crippen LogP contribution in [-0.2, 0) is 11.0 Å². The molecule has 1 atom stereocenters. The third-order valence-electron chi connectivity index (χ3n) is 3.34. The predicted octanol–water partition coefficient (Wildman–Crippen LogP) is 2.85. The third kappa shape index (κ3) is 2.44. The van der Waals surface area contributed by atoms with E-state index < -0.39 is 11.0 Å². The van der Waals surface area contributed by atoms with E-state index in [1.807, 2.05) is 26.8 Å². The molecule has 21 heavy (non-hydrogen) atoms. The largest absolute Gasteiger partial charge is 0.361 e. The molecular formula is C14H16N4O2S. The van der Waals surface area contributed by atoms with Gasteiger partial charge in [0.15, 0.2) is 0 Å². The van der Waals surface area contributed by atoms with E-state index in [2.05, 4.69) is 25.9 Å². The Balaban J connectivity index is 2.17. The first-order valence-electron chi connectivity index (χ1n) is 6.49. The molecule has 110 valence electrons. The molecule has 2 N–H and O–H groups in total. The van der Waals surface area contributed by atoms with E-state index in [1.165, 1.54) is 0 Å². The van der Waals surface area contributed by atoms with Crippen molar-refractivity contribution in [3.63, 3.8) is 0 Å². The molecule has 7 heteroatoms. The maximum atomic E-state index is 11.2. The van der Waals surface area contributed by atoms with E-state index in [0.29, 0.717) is 5.95 Å². The molecule has 0 amide bonds. The van der Waals surface area contributed by atoms with E-state index in [0.717, 1.165) is 39.2 Å². The first-order valence-corrected chi connectivity index (χ1v) is 8.05. The number of aryl methyl sites for hydroxylation is 3. The van der Waals surface area contributed by atoms with E-state index in [9.17, 15) is 4.21 Å². The molecule has 0 aliphatic carbocycles. The molecule has 0 spiro atoms. The number of hydrogen-bond donors (Lipinski definition) is 2. The molecule has 2 heterocycles. The van der Waals surface area contributed by atoms with Crippen molar-refractivity contribution in [3.8, 4) is 11.1 Å². The van der Waals surface area contributed by atoms with Gasteiger partial charge in [-0.2, -0.15) is 0 Å². The Hall–Kier alpha value is -2.15. The Morgan fingerprint density at radius 1 is 1.29 bits per heavy atom. The van der Waals surface area contributed by atoms with Crippen LogP contribution in [0.25, 0.3) is 22.2 Å². The average Bonchev–Trinajstić information content (AvgIpc) is 2.92. The summed E-state index contributed by atoms with van der Waals surface area (Å²) in [7, 11) is -1.16. The molecule has 6 nitrogen and oxygen atoms in total. The maximum absolute atomic E-state index is 11.2. The summed E-state index contributed by atoms with van der Waals surface area (Å²) in [4.78, 5) is 7.56. The van der Waals surface area contributed by atoms with E-state index in [1.54, 1.807) is 6.26 Å². The Labute approximate surface area is 124 Å². The molecule has 0 radical (unpaired) electrons. The van der Waals surface area contributed by atoms with Gasteiger partial charge in [-0.25, -0.2) is 9.19 Å². The lowest BCUT2D eigenvalue weighted by Crippen LogP contribution is -2.02. The topological polar surface area (TPSA) is 83.8 Å². The van der Waals surface area contributed by atoms with Crippen molar-refractivity contribution in [3.05, 3.63) is 29.2 Å². The summed E-state index contributed by atoms with van der Waals surface area (Å²) in [6.45, 7) is 5.82. The summed E-state index contributed by atoms with van der Waals surface area (Å²) in [6, 6.07) is 4.06. The van der Waals surface area contributed by atoms with Crippen molar-refractivity contribution < 1.29 is 8.73 Å². The molecule has 0 saturated carbocycles. The van der Waals surface area contributed by atoms with E-state index in [-0.39, 0.29) is 0 Å². The lowest BCUT2D eigenvalue weighted by Gasteiger charge is -2.03. The second kappa shape index (κ2) is 5.00. The standard InChI is InChI=1S/C14H16N4O2S/c1-7-5-10(12-8(2)17-20-9(12)3)6-11-13(7)16-14(15-11)18-21(4)19/h5-6H,1-4H3,(H2,15,16,18).